The highest BCUT2D eigenvalue weighted by Gasteiger charge is 2.48. The van der Waals surface area contributed by atoms with Crippen LogP contribution in [0.25, 0.3) is 11.5 Å². The monoisotopic (exact) mass is 428 g/mol. The van der Waals surface area contributed by atoms with Gasteiger partial charge in [-0.25, -0.2) is 4.98 Å². The summed E-state index contributed by atoms with van der Waals surface area (Å²) >= 11 is 0. The second kappa shape index (κ2) is 10.3. The lowest BCUT2D eigenvalue weighted by atomic mass is 10.1. The Labute approximate surface area is 179 Å². The molecular weight excluding hydrogens is 402 g/mol. The first-order valence-corrected chi connectivity index (χ1v) is 10.0. The maximum absolute atomic E-state index is 12.6. The number of ether oxygens (including phenoxy) is 1. The molecule has 1 aromatic carbocycles. The number of rotatable bonds is 5. The smallest absolute Gasteiger partial charge is 0.292 e. The quantitative estimate of drug-likeness (QED) is 0.454. The van der Waals surface area contributed by atoms with Crippen LogP contribution in [0.4, 0.5) is 5.69 Å². The molecule has 4 rings (SSSR count). The number of hydrogen-bond acceptors (Lipinski definition) is 7. The van der Waals surface area contributed by atoms with E-state index in [9.17, 15) is 20.1 Å². The van der Waals surface area contributed by atoms with Crippen LogP contribution in [0.15, 0.2) is 65.7 Å². The van der Waals surface area contributed by atoms with Gasteiger partial charge in [-0.3, -0.25) is 4.79 Å². The van der Waals surface area contributed by atoms with Crippen molar-refractivity contribution in [2.45, 2.75) is 38.4 Å². The number of aliphatic hydroxyl groups is 3. The second-order valence-electron chi connectivity index (χ2n) is 6.64. The minimum absolute atomic E-state index is 0.335. The van der Waals surface area contributed by atoms with Crippen molar-refractivity contribution < 1.29 is 33.8 Å². The lowest BCUT2D eigenvalue weighted by molar-refractivity contribution is -0.765. The topological polar surface area (TPSA) is 129 Å². The van der Waals surface area contributed by atoms with Crippen molar-refractivity contribution in [1.29, 1.82) is 0 Å². The third-order valence-electron chi connectivity index (χ3n) is 4.72. The molecule has 1 aliphatic heterocycles. The van der Waals surface area contributed by atoms with Crippen LogP contribution in [-0.4, -0.2) is 51.1 Å². The molecule has 0 spiro atoms. The summed E-state index contributed by atoms with van der Waals surface area (Å²) in [4.78, 5) is 16.7. The summed E-state index contributed by atoms with van der Waals surface area (Å²) in [5.74, 6) is 0.139. The zero-order valence-electron chi connectivity index (χ0n) is 17.3. The first-order chi connectivity index (χ1) is 15.1. The summed E-state index contributed by atoms with van der Waals surface area (Å²) in [5.41, 5.74) is 1.71. The average molecular weight is 428 g/mol. The molecule has 4 N–H and O–H groups in total. The molecule has 1 fully saturated rings. The van der Waals surface area contributed by atoms with Crippen LogP contribution in [0.1, 0.15) is 30.4 Å². The Morgan fingerprint density at radius 3 is 2.52 bits per heavy atom. The Morgan fingerprint density at radius 2 is 1.90 bits per heavy atom. The van der Waals surface area contributed by atoms with E-state index in [1.54, 1.807) is 48.8 Å². The summed E-state index contributed by atoms with van der Waals surface area (Å²) in [6.45, 7) is 3.58. The molecule has 1 aliphatic rings. The average Bonchev–Trinajstić information content (AvgIpc) is 3.45. The number of benzene rings is 1. The number of oxazole rings is 1. The molecule has 0 aliphatic carbocycles. The van der Waals surface area contributed by atoms with Gasteiger partial charge in [0.15, 0.2) is 18.5 Å². The van der Waals surface area contributed by atoms with E-state index in [2.05, 4.69) is 10.3 Å². The fourth-order valence-electron chi connectivity index (χ4n) is 3.18. The van der Waals surface area contributed by atoms with Crippen molar-refractivity contribution in [3.05, 3.63) is 66.8 Å². The van der Waals surface area contributed by atoms with E-state index < -0.39 is 31.1 Å². The molecule has 3 heterocycles. The molecule has 2 unspecified atom stereocenters. The molecule has 4 atom stereocenters. The van der Waals surface area contributed by atoms with Gasteiger partial charge >= 0.3 is 0 Å². The molecule has 31 heavy (non-hydrogen) atoms. The van der Waals surface area contributed by atoms with Crippen LogP contribution in [-0.2, 0) is 4.74 Å². The Balaban J connectivity index is 0.00000132. The van der Waals surface area contributed by atoms with E-state index >= 15 is 0 Å². The number of carbonyl (C=O) groups excluding carboxylic acids is 1. The molecule has 3 aromatic rings. The minimum atomic E-state index is -1.22. The summed E-state index contributed by atoms with van der Waals surface area (Å²) < 4.78 is 12.2. The van der Waals surface area contributed by atoms with Gasteiger partial charge < -0.3 is 29.8 Å². The highest BCUT2D eigenvalue weighted by molar-refractivity contribution is 6.03. The van der Waals surface area contributed by atoms with Crippen molar-refractivity contribution in [3.8, 4) is 11.5 Å². The largest absolute Gasteiger partial charge is 0.445 e. The Morgan fingerprint density at radius 1 is 1.16 bits per heavy atom. The number of pyridine rings is 1. The van der Waals surface area contributed by atoms with Crippen LogP contribution in [0.3, 0.4) is 0 Å². The molecule has 164 valence electrons. The molecule has 0 bridgehead atoms. The van der Waals surface area contributed by atoms with Gasteiger partial charge in [0.2, 0.25) is 5.89 Å². The van der Waals surface area contributed by atoms with Crippen LogP contribution >= 0.6 is 0 Å². The molecular formula is C22H26N3O6+. The van der Waals surface area contributed by atoms with Crippen LogP contribution in [0, 0.1) is 0 Å². The first-order valence-electron chi connectivity index (χ1n) is 10.0. The van der Waals surface area contributed by atoms with Crippen LogP contribution in [0.5, 0.6) is 0 Å². The van der Waals surface area contributed by atoms with Crippen molar-refractivity contribution in [2.75, 3.05) is 11.9 Å². The fraction of sp³-hybridized carbons (Fsp3) is 0.318. The SMILES string of the molecule is CC.O=C(Nc1ccc(-c2ncco2)cc1)c1ccc[n+](C2OC(CO)[C@@H](O)[C@H]2O)c1. The van der Waals surface area contributed by atoms with E-state index in [4.69, 9.17) is 9.15 Å². The predicted octanol–water partition coefficient (Wildman–Crippen LogP) is 1.52. The van der Waals surface area contributed by atoms with E-state index in [0.717, 1.165) is 5.56 Å². The summed E-state index contributed by atoms with van der Waals surface area (Å²) in [5, 5.41) is 32.1. The third-order valence-corrected chi connectivity index (χ3v) is 4.72. The standard InChI is InChI=1S/C20H19N3O6.C2H6/c24-11-15-16(25)17(26)20(29-15)23-8-1-2-13(10-23)18(27)22-14-5-3-12(4-6-14)19-21-7-9-28-19;1-2/h1-10,15-17,20,24-26H,11H2;1-2H3/p+1/t15?,16-,17-,20?;/m1./s1. The van der Waals surface area contributed by atoms with E-state index in [1.165, 1.54) is 17.0 Å². The Bertz CT molecular complexity index is 977. The number of anilines is 1. The van der Waals surface area contributed by atoms with Gasteiger partial charge in [-0.15, -0.1) is 0 Å². The summed E-state index contributed by atoms with van der Waals surface area (Å²) in [7, 11) is 0. The van der Waals surface area contributed by atoms with Gasteiger partial charge in [0.25, 0.3) is 12.1 Å². The molecule has 0 radical (unpaired) electrons. The maximum atomic E-state index is 12.6. The number of nitrogens with one attached hydrogen (secondary N) is 1. The van der Waals surface area contributed by atoms with E-state index in [0.29, 0.717) is 17.1 Å². The van der Waals surface area contributed by atoms with Gasteiger partial charge in [0, 0.05) is 17.3 Å². The zero-order chi connectivity index (χ0) is 22.4. The molecule has 9 heteroatoms. The lowest BCUT2D eigenvalue weighted by Crippen LogP contribution is -2.46. The van der Waals surface area contributed by atoms with E-state index in [1.807, 2.05) is 13.8 Å². The summed E-state index contributed by atoms with van der Waals surface area (Å²) in [6, 6.07) is 10.3. The molecule has 1 saturated heterocycles. The van der Waals surface area contributed by atoms with E-state index in [-0.39, 0.29) is 5.91 Å². The number of amides is 1. The number of hydrogen-bond donors (Lipinski definition) is 4. The lowest BCUT2D eigenvalue weighted by Gasteiger charge is -2.11. The number of aliphatic hydroxyl groups excluding tert-OH is 3. The highest BCUT2D eigenvalue weighted by Crippen LogP contribution is 2.25. The second-order valence-corrected chi connectivity index (χ2v) is 6.64. The van der Waals surface area contributed by atoms with Crippen molar-refractivity contribution >= 4 is 11.6 Å². The van der Waals surface area contributed by atoms with Crippen LogP contribution in [0.2, 0.25) is 0 Å². The maximum Gasteiger partial charge on any atom is 0.292 e. The summed E-state index contributed by atoms with van der Waals surface area (Å²) in [6.07, 6.45) is 1.94. The molecule has 1 amide bonds. The fourth-order valence-corrected chi connectivity index (χ4v) is 3.18. The molecule has 0 saturated carbocycles. The molecule has 2 aromatic heterocycles. The van der Waals surface area contributed by atoms with Gasteiger partial charge in [-0.1, -0.05) is 13.8 Å². The molecule has 9 nitrogen and oxygen atoms in total. The number of nitrogens with zero attached hydrogens (tertiary/aromatic N) is 2. The normalized spacial score (nSPS) is 22.5. The zero-order valence-corrected chi connectivity index (χ0v) is 17.3. The van der Waals surface area contributed by atoms with Crippen molar-refractivity contribution in [3.63, 3.8) is 0 Å². The Kier molecular flexibility index (Phi) is 7.48. The van der Waals surface area contributed by atoms with Gasteiger partial charge in [0.05, 0.1) is 12.8 Å². The van der Waals surface area contributed by atoms with Gasteiger partial charge in [0.1, 0.15) is 24.0 Å². The highest BCUT2D eigenvalue weighted by atomic mass is 16.6. The number of aromatic nitrogens is 2. The van der Waals surface area contributed by atoms with Crippen molar-refractivity contribution in [1.82, 2.24) is 4.98 Å². The minimum Gasteiger partial charge on any atom is -0.445 e. The van der Waals surface area contributed by atoms with Gasteiger partial charge in [-0.2, -0.15) is 4.57 Å². The third kappa shape index (κ3) is 4.97. The Hall–Kier alpha value is -3.11. The predicted molar refractivity (Wildman–Crippen MR) is 111 cm³/mol. The van der Waals surface area contributed by atoms with Crippen LogP contribution < -0.4 is 9.88 Å². The van der Waals surface area contributed by atoms with Gasteiger partial charge in [-0.05, 0) is 30.3 Å². The number of carbonyl (C=O) groups is 1. The van der Waals surface area contributed by atoms with Crippen molar-refractivity contribution in [2.24, 2.45) is 0 Å². The first kappa shape index (κ1) is 22.6.